The van der Waals surface area contributed by atoms with Gasteiger partial charge < -0.3 is 14.5 Å². The second-order valence-electron chi connectivity index (χ2n) is 7.74. The van der Waals surface area contributed by atoms with Gasteiger partial charge in [0.15, 0.2) is 5.82 Å². The Hall–Kier alpha value is -2.65. The topological polar surface area (TPSA) is 102 Å². The zero-order valence-corrected chi connectivity index (χ0v) is 18.3. The molecule has 160 valence electrons. The predicted octanol–water partition coefficient (Wildman–Crippen LogP) is 4.42. The highest BCUT2D eigenvalue weighted by Crippen LogP contribution is 2.31. The third-order valence-corrected chi connectivity index (χ3v) is 5.09. The van der Waals surface area contributed by atoms with E-state index < -0.39 is 16.6 Å². The van der Waals surface area contributed by atoms with Crippen LogP contribution in [0.25, 0.3) is 11.4 Å². The lowest BCUT2D eigenvalue weighted by Crippen LogP contribution is -2.50. The van der Waals surface area contributed by atoms with Gasteiger partial charge in [0.1, 0.15) is 11.8 Å². The average Bonchev–Trinajstić information content (AvgIpc) is 2.68. The number of hydrogen-bond acceptors (Lipinski definition) is 7. The molecule has 0 N–H and O–H groups in total. The summed E-state index contributed by atoms with van der Waals surface area (Å²) in [4.78, 5) is 35.1. The molecule has 1 aliphatic heterocycles. The Bertz CT molecular complexity index is 972. The van der Waals surface area contributed by atoms with Gasteiger partial charge in [0.2, 0.25) is 5.82 Å². The van der Waals surface area contributed by atoms with E-state index in [-0.39, 0.29) is 11.5 Å². The van der Waals surface area contributed by atoms with Crippen molar-refractivity contribution in [2.75, 3.05) is 31.1 Å². The van der Waals surface area contributed by atoms with Crippen LogP contribution in [0.3, 0.4) is 0 Å². The number of rotatable bonds is 3. The summed E-state index contributed by atoms with van der Waals surface area (Å²) in [6.07, 6.45) is 0.774. The molecule has 1 aromatic heterocycles. The van der Waals surface area contributed by atoms with Crippen molar-refractivity contribution in [3.8, 4) is 11.4 Å². The van der Waals surface area contributed by atoms with E-state index in [1.165, 1.54) is 6.20 Å². The van der Waals surface area contributed by atoms with Crippen LogP contribution in [0, 0.1) is 10.1 Å². The third-order valence-electron chi connectivity index (χ3n) is 4.36. The lowest BCUT2D eigenvalue weighted by Gasteiger charge is -2.35. The second kappa shape index (κ2) is 8.61. The van der Waals surface area contributed by atoms with Gasteiger partial charge in [-0.2, -0.15) is 0 Å². The molecular weight excluding hydrogens is 433 g/mol. The number of nitrogens with zero attached hydrogens (tertiary/aromatic N) is 5. The number of ether oxygens (including phenoxy) is 1. The van der Waals surface area contributed by atoms with Crippen LogP contribution < -0.4 is 4.90 Å². The highest BCUT2D eigenvalue weighted by Gasteiger charge is 2.30. The number of carbonyl (C=O) groups excluding carboxylic acids is 1. The fraction of sp³-hybridized carbons (Fsp3) is 0.421. The van der Waals surface area contributed by atoms with Crippen molar-refractivity contribution in [2.24, 2.45) is 0 Å². The average molecular weight is 454 g/mol. The smallest absolute Gasteiger partial charge is 0.410 e. The third kappa shape index (κ3) is 5.09. The number of benzene rings is 1. The van der Waals surface area contributed by atoms with Crippen molar-refractivity contribution < 1.29 is 14.5 Å². The summed E-state index contributed by atoms with van der Waals surface area (Å²) < 4.78 is 5.39. The van der Waals surface area contributed by atoms with Gasteiger partial charge in [-0.25, -0.2) is 14.8 Å². The zero-order chi connectivity index (χ0) is 22.1. The first kappa shape index (κ1) is 22.0. The second-order valence-corrected chi connectivity index (χ2v) is 8.56. The summed E-state index contributed by atoms with van der Waals surface area (Å²) in [5.74, 6) is 0.489. The number of hydrogen-bond donors (Lipinski definition) is 0. The molecule has 0 saturated carbocycles. The largest absolute Gasteiger partial charge is 0.444 e. The Morgan fingerprint density at radius 1 is 1.17 bits per heavy atom. The summed E-state index contributed by atoms with van der Waals surface area (Å²) in [6, 6.07) is 4.91. The minimum absolute atomic E-state index is 0.194. The van der Waals surface area contributed by atoms with Crippen LogP contribution in [0.5, 0.6) is 0 Å². The summed E-state index contributed by atoms with van der Waals surface area (Å²) in [5, 5.41) is 12.2. The van der Waals surface area contributed by atoms with Gasteiger partial charge in [-0.3, -0.25) is 10.1 Å². The number of nitro groups is 1. The van der Waals surface area contributed by atoms with Gasteiger partial charge in [0.05, 0.1) is 15.0 Å². The van der Waals surface area contributed by atoms with Crippen LogP contribution in [-0.4, -0.2) is 57.7 Å². The number of carbonyl (C=O) groups is 1. The maximum absolute atomic E-state index is 12.3. The maximum atomic E-state index is 12.3. The lowest BCUT2D eigenvalue weighted by atomic mass is 10.2. The summed E-state index contributed by atoms with van der Waals surface area (Å²) in [6.45, 7) is 6.87. The summed E-state index contributed by atoms with van der Waals surface area (Å²) in [5.41, 5.74) is -0.202. The number of amides is 1. The number of anilines is 1. The normalized spacial score (nSPS) is 14.6. The van der Waals surface area contributed by atoms with Gasteiger partial charge >= 0.3 is 11.8 Å². The molecule has 0 atom stereocenters. The van der Waals surface area contributed by atoms with Crippen molar-refractivity contribution >= 4 is 40.8 Å². The molecule has 1 saturated heterocycles. The van der Waals surface area contributed by atoms with E-state index in [0.717, 1.165) is 0 Å². The first-order valence-corrected chi connectivity index (χ1v) is 10.0. The van der Waals surface area contributed by atoms with E-state index in [4.69, 9.17) is 27.9 Å². The summed E-state index contributed by atoms with van der Waals surface area (Å²) in [7, 11) is 0. The van der Waals surface area contributed by atoms with Crippen molar-refractivity contribution in [3.05, 3.63) is 44.6 Å². The molecule has 1 aliphatic rings. The van der Waals surface area contributed by atoms with Crippen LogP contribution >= 0.6 is 23.2 Å². The van der Waals surface area contributed by atoms with E-state index in [2.05, 4.69) is 9.97 Å². The molecule has 0 aliphatic carbocycles. The lowest BCUT2D eigenvalue weighted by molar-refractivity contribution is -0.384. The monoisotopic (exact) mass is 453 g/mol. The Morgan fingerprint density at radius 2 is 1.83 bits per heavy atom. The molecule has 0 spiro atoms. The van der Waals surface area contributed by atoms with Crippen LogP contribution in [-0.2, 0) is 4.74 Å². The molecule has 0 radical (unpaired) electrons. The predicted molar refractivity (Wildman–Crippen MR) is 114 cm³/mol. The van der Waals surface area contributed by atoms with E-state index in [9.17, 15) is 14.9 Å². The molecule has 30 heavy (non-hydrogen) atoms. The summed E-state index contributed by atoms with van der Waals surface area (Å²) >= 11 is 12.0. The molecule has 1 amide bonds. The van der Waals surface area contributed by atoms with E-state index in [1.807, 2.05) is 0 Å². The van der Waals surface area contributed by atoms with Crippen molar-refractivity contribution in [1.29, 1.82) is 0 Å². The molecule has 0 bridgehead atoms. The van der Waals surface area contributed by atoms with Crippen molar-refractivity contribution in [3.63, 3.8) is 0 Å². The van der Waals surface area contributed by atoms with Gasteiger partial charge in [0, 0.05) is 31.7 Å². The highest BCUT2D eigenvalue weighted by molar-refractivity contribution is 6.42. The van der Waals surface area contributed by atoms with Gasteiger partial charge in [-0.15, -0.1) is 0 Å². The first-order chi connectivity index (χ1) is 14.0. The number of piperazine rings is 1. The van der Waals surface area contributed by atoms with Crippen LogP contribution in [0.4, 0.5) is 16.3 Å². The van der Waals surface area contributed by atoms with Crippen molar-refractivity contribution in [2.45, 2.75) is 26.4 Å². The van der Waals surface area contributed by atoms with Gasteiger partial charge in [-0.05, 0) is 39.0 Å². The Morgan fingerprint density at radius 3 is 2.40 bits per heavy atom. The SMILES string of the molecule is CC(C)(C)OC(=O)N1CCN(c2nc(-c3ccc(Cl)c(Cl)c3)ncc2[N+](=O)[O-])CC1. The molecule has 2 aromatic rings. The first-order valence-electron chi connectivity index (χ1n) is 9.25. The molecule has 2 heterocycles. The van der Waals surface area contributed by atoms with Gasteiger partial charge in [0.25, 0.3) is 0 Å². The van der Waals surface area contributed by atoms with Crippen LogP contribution in [0.1, 0.15) is 20.8 Å². The Balaban J connectivity index is 1.83. The Kier molecular flexibility index (Phi) is 6.33. The molecule has 0 unspecified atom stereocenters. The highest BCUT2D eigenvalue weighted by atomic mass is 35.5. The standard InChI is InChI=1S/C19H21Cl2N5O4/c1-19(2,3)30-18(27)25-8-6-24(7-9-25)17-15(26(28)29)11-22-16(23-17)12-4-5-13(20)14(21)10-12/h4-5,10-11H,6-9H2,1-3H3. The Labute approximate surface area is 183 Å². The molecular formula is C19H21Cl2N5O4. The van der Waals surface area contributed by atoms with Crippen LogP contribution in [0.2, 0.25) is 10.0 Å². The minimum Gasteiger partial charge on any atom is -0.444 e. The number of aromatic nitrogens is 2. The van der Waals surface area contributed by atoms with E-state index in [1.54, 1.807) is 48.8 Å². The molecule has 9 nitrogen and oxygen atoms in total. The van der Waals surface area contributed by atoms with Crippen LogP contribution in [0.15, 0.2) is 24.4 Å². The van der Waals surface area contributed by atoms with E-state index >= 15 is 0 Å². The fourth-order valence-corrected chi connectivity index (χ4v) is 3.23. The molecule has 1 aromatic carbocycles. The van der Waals surface area contributed by atoms with Crippen molar-refractivity contribution in [1.82, 2.24) is 14.9 Å². The van der Waals surface area contributed by atoms with Gasteiger partial charge in [-0.1, -0.05) is 23.2 Å². The molecule has 3 rings (SSSR count). The fourth-order valence-electron chi connectivity index (χ4n) is 2.93. The van der Waals surface area contributed by atoms with E-state index in [0.29, 0.717) is 47.6 Å². The minimum atomic E-state index is -0.589. The zero-order valence-electron chi connectivity index (χ0n) is 16.8. The number of halogens is 2. The maximum Gasteiger partial charge on any atom is 0.410 e. The molecule has 11 heteroatoms. The quantitative estimate of drug-likeness (QED) is 0.500. The molecule has 1 fully saturated rings.